The Morgan fingerprint density at radius 2 is 1.88 bits per heavy atom. The normalized spacial score (nSPS) is 12.6. The van der Waals surface area contributed by atoms with Gasteiger partial charge in [-0.05, 0) is 27.2 Å². The van der Waals surface area contributed by atoms with Crippen molar-refractivity contribution in [1.82, 2.24) is 4.90 Å². The minimum Gasteiger partial charge on any atom is -0.480 e. The fourth-order valence-electron chi connectivity index (χ4n) is 1.10. The molecule has 16 heavy (non-hydrogen) atoms. The molecule has 1 unspecified atom stereocenters. The van der Waals surface area contributed by atoms with Gasteiger partial charge >= 0.3 is 5.97 Å². The van der Waals surface area contributed by atoms with Gasteiger partial charge in [0.25, 0.3) is 0 Å². The van der Waals surface area contributed by atoms with Gasteiger partial charge in [0.05, 0.1) is 6.10 Å². The largest absolute Gasteiger partial charge is 0.480 e. The summed E-state index contributed by atoms with van der Waals surface area (Å²) in [5.74, 6) is -1.16. The number of hydrogen-bond acceptors (Lipinski definition) is 3. The van der Waals surface area contributed by atoms with Crippen LogP contribution in [0.25, 0.3) is 0 Å². The zero-order chi connectivity index (χ0) is 12.7. The summed E-state index contributed by atoms with van der Waals surface area (Å²) in [4.78, 5) is 23.4. The first kappa shape index (κ1) is 14.9. The van der Waals surface area contributed by atoms with Crippen LogP contribution < -0.4 is 0 Å². The molecule has 0 spiro atoms. The zero-order valence-electron chi connectivity index (χ0n) is 10.4. The second-order valence-corrected chi connectivity index (χ2v) is 4.04. The molecule has 1 atom stereocenters. The minimum absolute atomic E-state index is 0.158. The first-order valence-corrected chi connectivity index (χ1v) is 5.46. The van der Waals surface area contributed by atoms with Crippen molar-refractivity contribution in [3.8, 4) is 0 Å². The number of aliphatic carboxylic acids is 1. The number of likely N-dealkylation sites (N-methyl/N-ethyl adjacent to an activating group) is 1. The summed E-state index contributed by atoms with van der Waals surface area (Å²) in [5, 5.41) is 8.73. The van der Waals surface area contributed by atoms with E-state index in [1.807, 2.05) is 13.8 Å². The number of carbonyl (C=O) groups excluding carboxylic acids is 1. The van der Waals surface area contributed by atoms with E-state index in [-0.39, 0.29) is 12.0 Å². The van der Waals surface area contributed by atoms with Crippen molar-refractivity contribution in [2.45, 2.75) is 45.8 Å². The van der Waals surface area contributed by atoms with Crippen LogP contribution in [0, 0.1) is 0 Å². The van der Waals surface area contributed by atoms with Crippen LogP contribution in [0.4, 0.5) is 0 Å². The van der Waals surface area contributed by atoms with Crippen LogP contribution in [-0.2, 0) is 14.3 Å². The third-order valence-corrected chi connectivity index (χ3v) is 2.32. The quantitative estimate of drug-likeness (QED) is 0.667. The van der Waals surface area contributed by atoms with Crippen molar-refractivity contribution in [3.63, 3.8) is 0 Å². The fraction of sp³-hybridized carbons (Fsp3) is 0.818. The molecule has 0 radical (unpaired) electrons. The Morgan fingerprint density at radius 3 is 2.31 bits per heavy atom. The van der Waals surface area contributed by atoms with E-state index in [1.165, 1.54) is 18.9 Å². The lowest BCUT2D eigenvalue weighted by atomic mass is 10.2. The molecule has 0 aromatic heterocycles. The third kappa shape index (κ3) is 5.70. The van der Waals surface area contributed by atoms with E-state index in [0.29, 0.717) is 19.4 Å². The van der Waals surface area contributed by atoms with Crippen LogP contribution in [0.2, 0.25) is 0 Å². The molecule has 0 aliphatic carbocycles. The van der Waals surface area contributed by atoms with Crippen LogP contribution in [0.5, 0.6) is 0 Å². The maximum atomic E-state index is 11.5. The molecule has 1 N–H and O–H groups in total. The number of amides is 1. The lowest BCUT2D eigenvalue weighted by Crippen LogP contribution is -2.40. The minimum atomic E-state index is -0.991. The monoisotopic (exact) mass is 231 g/mol. The average molecular weight is 231 g/mol. The number of carboxylic acids is 1. The molecule has 5 heteroatoms. The van der Waals surface area contributed by atoms with E-state index >= 15 is 0 Å². The highest BCUT2D eigenvalue weighted by Crippen LogP contribution is 2.02. The lowest BCUT2D eigenvalue weighted by Gasteiger charge is -2.21. The molecule has 0 fully saturated rings. The maximum Gasteiger partial charge on any atom is 0.326 e. The molecule has 1 amide bonds. The van der Waals surface area contributed by atoms with Crippen molar-refractivity contribution in [2.24, 2.45) is 0 Å². The second-order valence-electron chi connectivity index (χ2n) is 4.04. The maximum absolute atomic E-state index is 11.5. The first-order valence-electron chi connectivity index (χ1n) is 5.46. The highest BCUT2D eigenvalue weighted by Gasteiger charge is 2.20. The van der Waals surface area contributed by atoms with Crippen molar-refractivity contribution >= 4 is 11.9 Å². The molecule has 0 saturated carbocycles. The molecule has 0 aliphatic rings. The summed E-state index contributed by atoms with van der Waals surface area (Å²) in [5.41, 5.74) is 0. The molecule has 94 valence electrons. The second kappa shape index (κ2) is 7.22. The van der Waals surface area contributed by atoms with E-state index in [4.69, 9.17) is 9.84 Å². The molecule has 0 rings (SSSR count). The van der Waals surface area contributed by atoms with Crippen LogP contribution in [-0.4, -0.2) is 47.7 Å². The molecule has 0 aromatic carbocycles. The number of ether oxygens (including phenoxy) is 1. The predicted molar refractivity (Wildman–Crippen MR) is 60.2 cm³/mol. The van der Waals surface area contributed by atoms with Gasteiger partial charge in [-0.2, -0.15) is 0 Å². The molecule has 0 aromatic rings. The molecule has 0 bridgehead atoms. The highest BCUT2D eigenvalue weighted by molar-refractivity contribution is 5.83. The van der Waals surface area contributed by atoms with Gasteiger partial charge in [0, 0.05) is 20.1 Å². The smallest absolute Gasteiger partial charge is 0.326 e. The van der Waals surface area contributed by atoms with Gasteiger partial charge in [-0.15, -0.1) is 0 Å². The summed E-state index contributed by atoms with van der Waals surface area (Å²) in [6.45, 7) is 5.88. The molecule has 0 saturated heterocycles. The molecular formula is C11H21NO4. The number of nitrogens with zero attached hydrogens (tertiary/aromatic N) is 1. The summed E-state index contributed by atoms with van der Waals surface area (Å²) in [7, 11) is 1.50. The molecule has 0 heterocycles. The number of carbonyl (C=O) groups is 2. The summed E-state index contributed by atoms with van der Waals surface area (Å²) >= 11 is 0. The lowest BCUT2D eigenvalue weighted by molar-refractivity contribution is -0.148. The van der Waals surface area contributed by atoms with Crippen molar-refractivity contribution in [3.05, 3.63) is 0 Å². The van der Waals surface area contributed by atoms with Crippen LogP contribution in [0.1, 0.15) is 33.6 Å². The van der Waals surface area contributed by atoms with E-state index in [9.17, 15) is 9.59 Å². The van der Waals surface area contributed by atoms with Crippen LogP contribution in [0.15, 0.2) is 0 Å². The Hall–Kier alpha value is -1.10. The SMILES string of the molecule is CC(C)OCCCC(=O)N(C)C(C)C(=O)O. The first-order chi connectivity index (χ1) is 7.36. The van der Waals surface area contributed by atoms with Gasteiger partial charge in [0.1, 0.15) is 6.04 Å². The van der Waals surface area contributed by atoms with Gasteiger partial charge in [-0.3, -0.25) is 4.79 Å². The van der Waals surface area contributed by atoms with Gasteiger partial charge in [0.15, 0.2) is 0 Å². The van der Waals surface area contributed by atoms with Gasteiger partial charge in [-0.25, -0.2) is 4.79 Å². The van der Waals surface area contributed by atoms with Crippen LogP contribution in [0.3, 0.4) is 0 Å². The Morgan fingerprint density at radius 1 is 1.31 bits per heavy atom. The molecular weight excluding hydrogens is 210 g/mol. The Bertz CT molecular complexity index is 240. The molecule has 5 nitrogen and oxygen atoms in total. The van der Waals surface area contributed by atoms with Crippen molar-refractivity contribution < 1.29 is 19.4 Å². The number of carboxylic acid groups (broad SMARTS) is 1. The summed E-state index contributed by atoms with van der Waals surface area (Å²) in [6, 6.07) is -0.779. The zero-order valence-corrected chi connectivity index (χ0v) is 10.4. The van der Waals surface area contributed by atoms with Gasteiger partial charge in [0.2, 0.25) is 5.91 Å². The topological polar surface area (TPSA) is 66.8 Å². The Labute approximate surface area is 96.4 Å². The van der Waals surface area contributed by atoms with Gasteiger partial charge in [-0.1, -0.05) is 0 Å². The number of hydrogen-bond donors (Lipinski definition) is 1. The summed E-state index contributed by atoms with van der Waals surface area (Å²) in [6.07, 6.45) is 1.10. The fourth-order valence-corrected chi connectivity index (χ4v) is 1.10. The Kier molecular flexibility index (Phi) is 6.72. The molecule has 0 aliphatic heterocycles. The average Bonchev–Trinajstić information content (AvgIpc) is 2.21. The van der Waals surface area contributed by atoms with E-state index in [0.717, 1.165) is 0 Å². The van der Waals surface area contributed by atoms with Crippen molar-refractivity contribution in [1.29, 1.82) is 0 Å². The highest BCUT2D eigenvalue weighted by atomic mass is 16.5. The predicted octanol–water partition coefficient (Wildman–Crippen LogP) is 1.12. The standard InChI is InChI=1S/C11H21NO4/c1-8(2)16-7-5-6-10(13)12(4)9(3)11(14)15/h8-9H,5-7H2,1-4H3,(H,14,15). The van der Waals surface area contributed by atoms with E-state index in [1.54, 1.807) is 0 Å². The van der Waals surface area contributed by atoms with Gasteiger partial charge < -0.3 is 14.7 Å². The van der Waals surface area contributed by atoms with Crippen molar-refractivity contribution in [2.75, 3.05) is 13.7 Å². The third-order valence-electron chi connectivity index (χ3n) is 2.32. The Balaban J connectivity index is 3.84. The van der Waals surface area contributed by atoms with E-state index < -0.39 is 12.0 Å². The van der Waals surface area contributed by atoms with E-state index in [2.05, 4.69) is 0 Å². The van der Waals surface area contributed by atoms with Crippen LogP contribution >= 0.6 is 0 Å². The summed E-state index contributed by atoms with van der Waals surface area (Å²) < 4.78 is 5.29. The number of rotatable bonds is 7.